The van der Waals surface area contributed by atoms with E-state index >= 15 is 0 Å². The van der Waals surface area contributed by atoms with Crippen molar-refractivity contribution in [1.29, 1.82) is 0 Å². The van der Waals surface area contributed by atoms with Crippen molar-refractivity contribution in [3.05, 3.63) is 0 Å². The number of hydrogen-bond donors (Lipinski definition) is 2. The normalized spacial score (nSPS) is 21.0. The first kappa shape index (κ1) is 19.1. The summed E-state index contributed by atoms with van der Waals surface area (Å²) in [5.41, 5.74) is 6.16. The molecule has 8 heteroatoms. The maximum atomic E-state index is 12.7. The van der Waals surface area contributed by atoms with Gasteiger partial charge in [-0.1, -0.05) is 13.8 Å². The largest absolute Gasteiger partial charge is 0.461 e. The van der Waals surface area contributed by atoms with E-state index in [0.29, 0.717) is 12.8 Å². The number of esters is 1. The number of nitrogens with two attached hydrogens (primary N) is 1. The Morgan fingerprint density at radius 2 is 1.96 bits per heavy atom. The summed E-state index contributed by atoms with van der Waals surface area (Å²) in [5.74, 6) is -1.41. The van der Waals surface area contributed by atoms with E-state index in [1.54, 1.807) is 6.92 Å². The summed E-state index contributed by atoms with van der Waals surface area (Å²) in [6.45, 7) is 7.05. The molecule has 0 spiro atoms. The van der Waals surface area contributed by atoms with E-state index in [1.165, 1.54) is 6.92 Å². The zero-order chi connectivity index (χ0) is 17.6. The van der Waals surface area contributed by atoms with Gasteiger partial charge in [0, 0.05) is 19.3 Å². The highest BCUT2D eigenvalue weighted by atomic mass is 16.5. The van der Waals surface area contributed by atoms with E-state index in [0.717, 1.165) is 5.01 Å². The van der Waals surface area contributed by atoms with Crippen LogP contribution in [0.3, 0.4) is 0 Å². The van der Waals surface area contributed by atoms with Crippen LogP contribution < -0.4 is 11.1 Å². The van der Waals surface area contributed by atoms with Crippen LogP contribution in [0.1, 0.15) is 47.0 Å². The van der Waals surface area contributed by atoms with Crippen LogP contribution >= 0.6 is 0 Å². The Bertz CT molecular complexity index is 488. The Hall–Kier alpha value is -1.96. The fourth-order valence-electron chi connectivity index (χ4n) is 2.48. The van der Waals surface area contributed by atoms with Crippen LogP contribution in [0.2, 0.25) is 0 Å². The van der Waals surface area contributed by atoms with Crippen molar-refractivity contribution in [3.63, 3.8) is 0 Å². The molecule has 2 amide bonds. The zero-order valence-corrected chi connectivity index (χ0v) is 14.2. The van der Waals surface area contributed by atoms with Crippen LogP contribution in [-0.4, -0.2) is 47.3 Å². The predicted octanol–water partition coefficient (Wildman–Crippen LogP) is 0.364. The third-order valence-corrected chi connectivity index (χ3v) is 3.75. The number of nitrogens with zero attached hydrogens (tertiary/aromatic N) is 2. The number of carbonyl (C=O) groups excluding carboxylic acids is 3. The van der Waals surface area contributed by atoms with Crippen LogP contribution in [0.5, 0.6) is 0 Å². The Morgan fingerprint density at radius 3 is 2.43 bits per heavy atom. The van der Waals surface area contributed by atoms with E-state index < -0.39 is 18.2 Å². The molecular formula is C15H26N4O4. The predicted molar refractivity (Wildman–Crippen MR) is 85.2 cm³/mol. The second-order valence-corrected chi connectivity index (χ2v) is 5.48. The van der Waals surface area contributed by atoms with E-state index in [9.17, 15) is 14.4 Å². The van der Waals surface area contributed by atoms with E-state index in [2.05, 4.69) is 10.4 Å². The molecule has 0 fully saturated rings. The Kier molecular flexibility index (Phi) is 7.15. The van der Waals surface area contributed by atoms with Crippen molar-refractivity contribution in [2.75, 3.05) is 6.61 Å². The minimum atomic E-state index is -0.765. The highest BCUT2D eigenvalue weighted by molar-refractivity contribution is 6.36. The van der Waals surface area contributed by atoms with Crippen LogP contribution in [-0.2, 0) is 19.1 Å². The molecule has 1 heterocycles. The summed E-state index contributed by atoms with van der Waals surface area (Å²) in [4.78, 5) is 36.0. The number of amides is 2. The Balaban J connectivity index is 3.15. The molecule has 0 aromatic rings. The Morgan fingerprint density at radius 1 is 1.35 bits per heavy atom. The van der Waals surface area contributed by atoms with Crippen LogP contribution in [0.25, 0.3) is 0 Å². The zero-order valence-electron chi connectivity index (χ0n) is 14.2. The summed E-state index contributed by atoms with van der Waals surface area (Å²) in [5, 5.41) is 7.91. The fraction of sp³-hybridized carbons (Fsp3) is 0.733. The molecule has 1 aliphatic rings. The van der Waals surface area contributed by atoms with Crippen molar-refractivity contribution in [3.8, 4) is 0 Å². The lowest BCUT2D eigenvalue weighted by molar-refractivity contribution is -0.141. The number of ether oxygens (including phenoxy) is 1. The molecular weight excluding hydrogens is 300 g/mol. The molecule has 23 heavy (non-hydrogen) atoms. The summed E-state index contributed by atoms with van der Waals surface area (Å²) in [6, 6.07) is -0.630. The number of carbonyl (C=O) groups is 3. The van der Waals surface area contributed by atoms with Crippen molar-refractivity contribution >= 4 is 23.5 Å². The molecule has 3 N–H and O–H groups in total. The molecule has 2 unspecified atom stereocenters. The van der Waals surface area contributed by atoms with Crippen molar-refractivity contribution < 1.29 is 19.1 Å². The topological polar surface area (TPSA) is 114 Å². The van der Waals surface area contributed by atoms with Gasteiger partial charge in [0.1, 0.15) is 11.9 Å². The van der Waals surface area contributed by atoms with Gasteiger partial charge in [-0.15, -0.1) is 0 Å². The lowest BCUT2D eigenvalue weighted by Crippen LogP contribution is -2.61. The summed E-state index contributed by atoms with van der Waals surface area (Å²) in [6.07, 6.45) is 0.644. The molecule has 0 saturated carbocycles. The van der Waals surface area contributed by atoms with Crippen LogP contribution in [0.15, 0.2) is 5.10 Å². The van der Waals surface area contributed by atoms with Crippen molar-refractivity contribution in [1.82, 2.24) is 10.3 Å². The van der Waals surface area contributed by atoms with Gasteiger partial charge in [0.25, 0.3) is 0 Å². The first-order valence-electron chi connectivity index (χ1n) is 7.95. The molecule has 0 aliphatic carbocycles. The molecule has 1 rings (SSSR count). The molecule has 130 valence electrons. The fourth-order valence-corrected chi connectivity index (χ4v) is 2.48. The van der Waals surface area contributed by atoms with E-state index in [4.69, 9.17) is 10.5 Å². The molecule has 0 radical (unpaired) electrons. The van der Waals surface area contributed by atoms with Gasteiger partial charge >= 0.3 is 5.97 Å². The van der Waals surface area contributed by atoms with Crippen LogP contribution in [0.4, 0.5) is 0 Å². The van der Waals surface area contributed by atoms with Gasteiger partial charge in [0.2, 0.25) is 11.8 Å². The third kappa shape index (κ3) is 4.75. The van der Waals surface area contributed by atoms with E-state index in [-0.39, 0.29) is 36.5 Å². The highest BCUT2D eigenvalue weighted by Gasteiger charge is 2.38. The van der Waals surface area contributed by atoms with Gasteiger partial charge in [-0.05, 0) is 19.8 Å². The maximum Gasteiger partial charge on any atom is 0.354 e. The number of rotatable bonds is 6. The minimum absolute atomic E-state index is 0.0975. The summed E-state index contributed by atoms with van der Waals surface area (Å²) >= 11 is 0. The molecule has 8 nitrogen and oxygen atoms in total. The van der Waals surface area contributed by atoms with Gasteiger partial charge in [-0.25, -0.2) is 9.80 Å². The molecule has 0 saturated heterocycles. The number of nitrogens with one attached hydrogen (secondary N) is 1. The van der Waals surface area contributed by atoms with Gasteiger partial charge in [0.05, 0.1) is 12.6 Å². The standard InChI is InChI=1S/C15H26N4O4/c1-5-10(6-2)14(21)19-13(17-9(4)20)11(16)8-12(18-19)15(22)23-7-3/h10-11,13H,5-8,16H2,1-4H3,(H,17,20). The van der Waals surface area contributed by atoms with E-state index in [1.807, 2.05) is 13.8 Å². The first-order valence-corrected chi connectivity index (χ1v) is 7.95. The lowest BCUT2D eigenvalue weighted by Gasteiger charge is -2.37. The third-order valence-electron chi connectivity index (χ3n) is 3.75. The first-order chi connectivity index (χ1) is 10.8. The minimum Gasteiger partial charge on any atom is -0.461 e. The van der Waals surface area contributed by atoms with Crippen molar-refractivity contribution in [2.24, 2.45) is 16.8 Å². The molecule has 0 aromatic heterocycles. The molecule has 1 aliphatic heterocycles. The average Bonchev–Trinajstić information content (AvgIpc) is 2.49. The monoisotopic (exact) mass is 326 g/mol. The SMILES string of the molecule is CCOC(=O)C1=NN(C(=O)C(CC)CC)C(NC(C)=O)C(N)C1. The lowest BCUT2D eigenvalue weighted by atomic mass is 9.99. The average molecular weight is 326 g/mol. The molecule has 0 bridgehead atoms. The Labute approximate surface area is 136 Å². The summed E-state index contributed by atoms with van der Waals surface area (Å²) < 4.78 is 4.94. The second kappa shape index (κ2) is 8.61. The molecule has 2 atom stereocenters. The van der Waals surface area contributed by atoms with Crippen LogP contribution in [0, 0.1) is 5.92 Å². The van der Waals surface area contributed by atoms with Gasteiger partial charge in [-0.2, -0.15) is 5.10 Å². The van der Waals surface area contributed by atoms with Crippen molar-refractivity contribution in [2.45, 2.75) is 59.2 Å². The van der Waals surface area contributed by atoms with Gasteiger partial charge in [0.15, 0.2) is 0 Å². The maximum absolute atomic E-state index is 12.7. The quantitative estimate of drug-likeness (QED) is 0.684. The summed E-state index contributed by atoms with van der Waals surface area (Å²) in [7, 11) is 0. The molecule has 0 aromatic carbocycles. The smallest absolute Gasteiger partial charge is 0.354 e. The number of hydrazone groups is 1. The van der Waals surface area contributed by atoms with Gasteiger partial charge in [-0.3, -0.25) is 9.59 Å². The highest BCUT2D eigenvalue weighted by Crippen LogP contribution is 2.20. The van der Waals surface area contributed by atoms with Gasteiger partial charge < -0.3 is 15.8 Å². The number of hydrogen-bond acceptors (Lipinski definition) is 6. The second-order valence-electron chi connectivity index (χ2n) is 5.48.